The Balaban J connectivity index is 2.23. The fraction of sp³-hybridized carbons (Fsp3) is 0.545. The Kier molecular flexibility index (Phi) is 3.24. The van der Waals surface area contributed by atoms with Crippen LogP contribution >= 0.6 is 0 Å². The van der Waals surface area contributed by atoms with E-state index in [0.717, 1.165) is 42.3 Å². The maximum absolute atomic E-state index is 12.5. The van der Waals surface area contributed by atoms with Gasteiger partial charge in [0.2, 0.25) is 0 Å². The summed E-state index contributed by atoms with van der Waals surface area (Å²) in [5.41, 5.74) is -1.18. The third-order valence-electron chi connectivity index (χ3n) is 2.89. The van der Waals surface area contributed by atoms with Crippen molar-refractivity contribution in [2.45, 2.75) is 31.6 Å². The van der Waals surface area contributed by atoms with Crippen LogP contribution in [0, 0.1) is 0 Å². The number of halogens is 3. The highest BCUT2D eigenvalue weighted by molar-refractivity contribution is 5.13. The number of nitrogens with zero attached hydrogens (tertiary/aromatic N) is 1. The molecule has 1 aliphatic heterocycles. The van der Waals surface area contributed by atoms with Crippen LogP contribution in [0.4, 0.5) is 13.2 Å². The van der Waals surface area contributed by atoms with Crippen LogP contribution in [0.3, 0.4) is 0 Å². The molecule has 3 nitrogen and oxygen atoms in total. The van der Waals surface area contributed by atoms with Gasteiger partial charge in [0.1, 0.15) is 0 Å². The van der Waals surface area contributed by atoms with Gasteiger partial charge in [-0.3, -0.25) is 4.79 Å². The van der Waals surface area contributed by atoms with Gasteiger partial charge in [-0.25, -0.2) is 0 Å². The zero-order chi connectivity index (χ0) is 12.5. The largest absolute Gasteiger partial charge is 0.417 e. The van der Waals surface area contributed by atoms with Crippen molar-refractivity contribution in [2.75, 3.05) is 6.54 Å². The summed E-state index contributed by atoms with van der Waals surface area (Å²) < 4.78 is 38.6. The summed E-state index contributed by atoms with van der Waals surface area (Å²) >= 11 is 0. The van der Waals surface area contributed by atoms with E-state index >= 15 is 0 Å². The smallest absolute Gasteiger partial charge is 0.313 e. The molecule has 0 aliphatic carbocycles. The molecule has 2 rings (SSSR count). The molecule has 1 aromatic rings. The van der Waals surface area contributed by atoms with Gasteiger partial charge in [-0.15, -0.1) is 0 Å². The molecule has 0 spiro atoms. The number of aromatic nitrogens is 1. The second-order valence-electron chi connectivity index (χ2n) is 4.20. The predicted molar refractivity (Wildman–Crippen MR) is 56.7 cm³/mol. The lowest BCUT2D eigenvalue weighted by atomic mass is 10.2. The van der Waals surface area contributed by atoms with Gasteiger partial charge >= 0.3 is 6.18 Å². The highest BCUT2D eigenvalue weighted by Gasteiger charge is 2.31. The molecular weight excluding hydrogens is 233 g/mol. The van der Waals surface area contributed by atoms with Crippen molar-refractivity contribution in [1.29, 1.82) is 0 Å². The average Bonchev–Trinajstić information content (AvgIpc) is 2.72. The highest BCUT2D eigenvalue weighted by Crippen LogP contribution is 2.28. The third-order valence-corrected chi connectivity index (χ3v) is 2.89. The minimum Gasteiger partial charge on any atom is -0.313 e. The molecule has 1 fully saturated rings. The van der Waals surface area contributed by atoms with Crippen LogP contribution in [-0.2, 0) is 12.7 Å². The Hall–Kier alpha value is -1.30. The summed E-state index contributed by atoms with van der Waals surface area (Å²) in [6, 6.07) is 1.88. The Morgan fingerprint density at radius 1 is 1.41 bits per heavy atom. The van der Waals surface area contributed by atoms with Crippen LogP contribution in [0.1, 0.15) is 18.4 Å². The lowest BCUT2D eigenvalue weighted by Gasteiger charge is -2.14. The fourth-order valence-corrected chi connectivity index (χ4v) is 1.99. The molecule has 0 saturated carbocycles. The minimum absolute atomic E-state index is 0.0937. The van der Waals surface area contributed by atoms with Crippen LogP contribution < -0.4 is 10.9 Å². The van der Waals surface area contributed by atoms with Crippen LogP contribution in [0.2, 0.25) is 0 Å². The second kappa shape index (κ2) is 4.52. The van der Waals surface area contributed by atoms with Gasteiger partial charge < -0.3 is 9.88 Å². The van der Waals surface area contributed by atoms with Gasteiger partial charge in [0.15, 0.2) is 0 Å². The Morgan fingerprint density at radius 2 is 2.18 bits per heavy atom. The fourth-order valence-electron chi connectivity index (χ4n) is 1.99. The first kappa shape index (κ1) is 12.2. The average molecular weight is 246 g/mol. The number of hydrogen-bond acceptors (Lipinski definition) is 2. The molecule has 1 N–H and O–H groups in total. The van der Waals surface area contributed by atoms with E-state index in [1.807, 2.05) is 0 Å². The third kappa shape index (κ3) is 2.88. The van der Waals surface area contributed by atoms with Gasteiger partial charge in [0, 0.05) is 24.8 Å². The van der Waals surface area contributed by atoms with Gasteiger partial charge in [-0.2, -0.15) is 13.2 Å². The van der Waals surface area contributed by atoms with Crippen LogP contribution in [0.15, 0.2) is 23.1 Å². The van der Waals surface area contributed by atoms with Crippen molar-refractivity contribution in [3.63, 3.8) is 0 Å². The van der Waals surface area contributed by atoms with Crippen molar-refractivity contribution in [1.82, 2.24) is 9.88 Å². The molecule has 17 heavy (non-hydrogen) atoms. The second-order valence-corrected chi connectivity index (χ2v) is 4.20. The molecule has 1 aromatic heterocycles. The summed E-state index contributed by atoms with van der Waals surface area (Å²) in [4.78, 5) is 11.5. The van der Waals surface area contributed by atoms with Crippen molar-refractivity contribution in [2.24, 2.45) is 0 Å². The SMILES string of the molecule is O=c1ccc(C(F)(F)F)cn1C[C@@H]1CCCN1. The molecular formula is C11H13F3N2O. The molecule has 0 amide bonds. The molecule has 1 saturated heterocycles. The molecule has 2 heterocycles. The van der Waals surface area contributed by atoms with E-state index in [9.17, 15) is 18.0 Å². The van der Waals surface area contributed by atoms with Crippen molar-refractivity contribution < 1.29 is 13.2 Å². The Labute approximate surface area is 96.3 Å². The first-order chi connectivity index (χ1) is 7.97. The van der Waals surface area contributed by atoms with Gasteiger partial charge in [-0.1, -0.05) is 0 Å². The quantitative estimate of drug-likeness (QED) is 0.860. The summed E-state index contributed by atoms with van der Waals surface area (Å²) in [5, 5.41) is 3.15. The van der Waals surface area contributed by atoms with E-state index in [1.165, 1.54) is 0 Å². The maximum Gasteiger partial charge on any atom is 0.417 e. The van der Waals surface area contributed by atoms with Crippen LogP contribution in [-0.4, -0.2) is 17.2 Å². The van der Waals surface area contributed by atoms with E-state index in [2.05, 4.69) is 5.32 Å². The standard InChI is InChI=1S/C11H13F3N2O/c12-11(13,14)8-3-4-10(17)16(6-8)7-9-2-1-5-15-9/h3-4,6,9,15H,1-2,5,7H2/t9-/m0/s1. The van der Waals surface area contributed by atoms with E-state index < -0.39 is 17.3 Å². The summed E-state index contributed by atoms with van der Waals surface area (Å²) in [6.45, 7) is 1.15. The van der Waals surface area contributed by atoms with Crippen LogP contribution in [0.5, 0.6) is 0 Å². The van der Waals surface area contributed by atoms with E-state index in [1.54, 1.807) is 0 Å². The zero-order valence-corrected chi connectivity index (χ0v) is 9.13. The number of pyridine rings is 1. The van der Waals surface area contributed by atoms with E-state index in [-0.39, 0.29) is 6.04 Å². The normalized spacial score (nSPS) is 20.8. The molecule has 6 heteroatoms. The number of hydrogen-bond donors (Lipinski definition) is 1. The lowest BCUT2D eigenvalue weighted by molar-refractivity contribution is -0.138. The van der Waals surface area contributed by atoms with E-state index in [4.69, 9.17) is 0 Å². The topological polar surface area (TPSA) is 34.0 Å². The maximum atomic E-state index is 12.5. The predicted octanol–water partition coefficient (Wildman–Crippen LogP) is 1.62. The molecule has 0 aromatic carbocycles. The zero-order valence-electron chi connectivity index (χ0n) is 9.13. The molecule has 0 radical (unpaired) electrons. The number of alkyl halides is 3. The van der Waals surface area contributed by atoms with Crippen molar-refractivity contribution in [3.05, 3.63) is 34.2 Å². The Morgan fingerprint density at radius 3 is 2.76 bits per heavy atom. The van der Waals surface area contributed by atoms with Gasteiger partial charge in [0.25, 0.3) is 5.56 Å². The number of rotatable bonds is 2. The van der Waals surface area contributed by atoms with Crippen molar-refractivity contribution in [3.8, 4) is 0 Å². The first-order valence-corrected chi connectivity index (χ1v) is 5.48. The lowest BCUT2D eigenvalue weighted by Crippen LogP contribution is -2.32. The van der Waals surface area contributed by atoms with Crippen molar-refractivity contribution >= 4 is 0 Å². The van der Waals surface area contributed by atoms with E-state index in [0.29, 0.717) is 6.54 Å². The van der Waals surface area contributed by atoms with Crippen LogP contribution in [0.25, 0.3) is 0 Å². The minimum atomic E-state index is -4.40. The van der Waals surface area contributed by atoms with Gasteiger partial charge in [-0.05, 0) is 25.5 Å². The summed E-state index contributed by atoms with van der Waals surface area (Å²) in [7, 11) is 0. The summed E-state index contributed by atoms with van der Waals surface area (Å²) in [6.07, 6.45) is -1.62. The molecule has 1 aliphatic rings. The Bertz CT molecular complexity index is 447. The van der Waals surface area contributed by atoms with Gasteiger partial charge in [0.05, 0.1) is 5.56 Å². The molecule has 94 valence electrons. The highest BCUT2D eigenvalue weighted by atomic mass is 19.4. The molecule has 0 bridgehead atoms. The monoisotopic (exact) mass is 246 g/mol. The summed E-state index contributed by atoms with van der Waals surface area (Å²) in [5.74, 6) is 0. The number of nitrogens with one attached hydrogen (secondary N) is 1. The first-order valence-electron chi connectivity index (χ1n) is 5.48. The molecule has 1 atom stereocenters. The molecule has 0 unspecified atom stereocenters.